The highest BCUT2D eigenvalue weighted by Crippen LogP contribution is 2.29. The third kappa shape index (κ3) is 5.81. The number of carbonyl (C=O) groups excluding carboxylic acids is 1. The zero-order valence-corrected chi connectivity index (χ0v) is 18.4. The number of pyridine rings is 2. The fourth-order valence-electron chi connectivity index (χ4n) is 4.09. The van der Waals surface area contributed by atoms with Crippen LogP contribution >= 0.6 is 0 Å². The number of nitrogens with zero attached hydrogens (tertiary/aromatic N) is 2. The number of hydrogen-bond acceptors (Lipinski definition) is 5. The number of nitrogens with one attached hydrogen (secondary N) is 3. The molecule has 2 aromatic rings. The van der Waals surface area contributed by atoms with Gasteiger partial charge in [0.25, 0.3) is 0 Å². The van der Waals surface area contributed by atoms with Crippen molar-refractivity contribution in [3.63, 3.8) is 0 Å². The van der Waals surface area contributed by atoms with Crippen LogP contribution < -0.4 is 16.0 Å². The smallest absolute Gasteiger partial charge is 0.217 e. The van der Waals surface area contributed by atoms with E-state index in [-0.39, 0.29) is 5.91 Å². The van der Waals surface area contributed by atoms with E-state index in [0.29, 0.717) is 23.9 Å². The molecule has 1 aliphatic carbocycles. The molecule has 1 amide bonds. The third-order valence-electron chi connectivity index (χ3n) is 5.51. The Labute approximate surface area is 174 Å². The summed E-state index contributed by atoms with van der Waals surface area (Å²) in [7, 11) is 0. The van der Waals surface area contributed by atoms with Crippen LogP contribution in [0.5, 0.6) is 0 Å². The fourth-order valence-corrected chi connectivity index (χ4v) is 4.09. The topological polar surface area (TPSA) is 78.9 Å². The van der Waals surface area contributed by atoms with Crippen LogP contribution in [0.1, 0.15) is 71.9 Å². The van der Waals surface area contributed by atoms with Crippen LogP contribution in [0.4, 0.5) is 11.6 Å². The molecule has 1 aliphatic rings. The van der Waals surface area contributed by atoms with Crippen molar-refractivity contribution in [2.45, 2.75) is 78.3 Å². The molecule has 2 aromatic heterocycles. The van der Waals surface area contributed by atoms with Gasteiger partial charge in [0.15, 0.2) is 0 Å². The summed E-state index contributed by atoms with van der Waals surface area (Å²) in [6, 6.07) is 4.86. The fraction of sp³-hybridized carbons (Fsp3) is 0.609. The van der Waals surface area contributed by atoms with Gasteiger partial charge in [-0.3, -0.25) is 4.79 Å². The second-order valence-corrected chi connectivity index (χ2v) is 8.95. The molecule has 0 radical (unpaired) electrons. The molecule has 1 fully saturated rings. The Kier molecular flexibility index (Phi) is 6.93. The Morgan fingerprint density at radius 2 is 2.00 bits per heavy atom. The summed E-state index contributed by atoms with van der Waals surface area (Å²) in [6.07, 6.45) is 6.40. The van der Waals surface area contributed by atoms with E-state index in [0.717, 1.165) is 53.9 Å². The van der Waals surface area contributed by atoms with Crippen molar-refractivity contribution in [3.8, 4) is 0 Å². The molecule has 0 saturated heterocycles. The van der Waals surface area contributed by atoms with E-state index in [1.54, 1.807) is 6.92 Å². The number of aromatic nitrogens is 2. The molecule has 0 aromatic carbocycles. The molecule has 0 aliphatic heterocycles. The molecule has 1 unspecified atom stereocenters. The summed E-state index contributed by atoms with van der Waals surface area (Å²) in [5.41, 5.74) is 1.08. The predicted octanol–water partition coefficient (Wildman–Crippen LogP) is 4.68. The number of hydrogen-bond donors (Lipinski definition) is 3. The molecule has 29 heavy (non-hydrogen) atoms. The number of fused-ring (bicyclic) bond motifs is 1. The van der Waals surface area contributed by atoms with Gasteiger partial charge in [-0.15, -0.1) is 0 Å². The van der Waals surface area contributed by atoms with Crippen LogP contribution in [-0.4, -0.2) is 34.5 Å². The van der Waals surface area contributed by atoms with E-state index in [1.165, 1.54) is 6.42 Å². The van der Waals surface area contributed by atoms with Crippen molar-refractivity contribution in [1.82, 2.24) is 15.3 Å². The molecule has 6 heteroatoms. The number of carbonyl (C=O) groups is 1. The quantitative estimate of drug-likeness (QED) is 0.632. The number of rotatable bonds is 7. The van der Waals surface area contributed by atoms with E-state index < -0.39 is 0 Å². The van der Waals surface area contributed by atoms with Crippen molar-refractivity contribution in [1.29, 1.82) is 0 Å². The predicted molar refractivity (Wildman–Crippen MR) is 120 cm³/mol. The highest BCUT2D eigenvalue weighted by atomic mass is 16.1. The van der Waals surface area contributed by atoms with Crippen LogP contribution in [0.15, 0.2) is 18.3 Å². The second-order valence-electron chi connectivity index (χ2n) is 8.95. The lowest BCUT2D eigenvalue weighted by atomic mass is 9.85. The summed E-state index contributed by atoms with van der Waals surface area (Å²) >= 11 is 0. The van der Waals surface area contributed by atoms with E-state index in [1.807, 2.05) is 6.20 Å². The monoisotopic (exact) mass is 397 g/mol. The molecule has 158 valence electrons. The van der Waals surface area contributed by atoms with Gasteiger partial charge in [0.05, 0.1) is 0 Å². The maximum absolute atomic E-state index is 11.3. The molecular weight excluding hydrogens is 362 g/mol. The maximum Gasteiger partial charge on any atom is 0.217 e. The number of amides is 1. The van der Waals surface area contributed by atoms with Crippen molar-refractivity contribution in [3.05, 3.63) is 24.0 Å². The Bertz CT molecular complexity index is 849. The standard InChI is InChI=1S/C23H35N5O/c1-14(2)21-10-18-13-25-22(11-20(18)23(28-21)26-15(3)4)24-12-17-7-6-8-19(9-17)27-16(5)29/h10-11,13-15,17,19H,6-9,12H2,1-5H3,(H,24,25)(H,26,28)(H,27,29)/t17?,19-/m1/s1. The van der Waals surface area contributed by atoms with Gasteiger partial charge in [0, 0.05) is 48.2 Å². The first kappa shape index (κ1) is 21.3. The minimum Gasteiger partial charge on any atom is -0.370 e. The summed E-state index contributed by atoms with van der Waals surface area (Å²) < 4.78 is 0. The first-order valence-corrected chi connectivity index (χ1v) is 10.9. The van der Waals surface area contributed by atoms with Gasteiger partial charge in [0.1, 0.15) is 11.6 Å². The lowest BCUT2D eigenvalue weighted by Gasteiger charge is -2.29. The number of anilines is 2. The summed E-state index contributed by atoms with van der Waals surface area (Å²) in [6.45, 7) is 11.1. The lowest BCUT2D eigenvalue weighted by molar-refractivity contribution is -0.119. The minimum absolute atomic E-state index is 0.0678. The molecule has 6 nitrogen and oxygen atoms in total. The Balaban J connectivity index is 1.74. The summed E-state index contributed by atoms with van der Waals surface area (Å²) in [5.74, 6) is 2.79. The Hall–Kier alpha value is -2.37. The van der Waals surface area contributed by atoms with Gasteiger partial charge in [-0.25, -0.2) is 9.97 Å². The SMILES string of the molecule is CC(=O)N[C@@H]1CCCC(CNc2cc3c(NC(C)C)nc(C(C)C)cc3cn2)C1. The van der Waals surface area contributed by atoms with E-state index >= 15 is 0 Å². The van der Waals surface area contributed by atoms with Crippen molar-refractivity contribution in [2.75, 3.05) is 17.2 Å². The van der Waals surface area contributed by atoms with Gasteiger partial charge in [0.2, 0.25) is 5.91 Å². The van der Waals surface area contributed by atoms with Crippen LogP contribution in [0, 0.1) is 5.92 Å². The zero-order valence-electron chi connectivity index (χ0n) is 18.4. The first-order valence-electron chi connectivity index (χ1n) is 10.9. The molecule has 3 rings (SSSR count). The molecule has 1 saturated carbocycles. The Morgan fingerprint density at radius 1 is 1.21 bits per heavy atom. The van der Waals surface area contributed by atoms with Crippen LogP contribution in [0.3, 0.4) is 0 Å². The molecule has 3 N–H and O–H groups in total. The van der Waals surface area contributed by atoms with Crippen molar-refractivity contribution < 1.29 is 4.79 Å². The zero-order chi connectivity index (χ0) is 21.0. The van der Waals surface area contributed by atoms with Gasteiger partial charge in [-0.1, -0.05) is 20.3 Å². The van der Waals surface area contributed by atoms with Gasteiger partial charge < -0.3 is 16.0 Å². The average molecular weight is 398 g/mol. The molecule has 2 atom stereocenters. The van der Waals surface area contributed by atoms with Crippen molar-refractivity contribution >= 4 is 28.3 Å². The lowest BCUT2D eigenvalue weighted by Crippen LogP contribution is -2.38. The van der Waals surface area contributed by atoms with Crippen molar-refractivity contribution in [2.24, 2.45) is 5.92 Å². The Morgan fingerprint density at radius 3 is 2.69 bits per heavy atom. The van der Waals surface area contributed by atoms with Crippen LogP contribution in [0.25, 0.3) is 10.8 Å². The summed E-state index contributed by atoms with van der Waals surface area (Å²) in [5, 5.41) is 12.3. The largest absolute Gasteiger partial charge is 0.370 e. The van der Waals surface area contributed by atoms with Crippen LogP contribution in [0.2, 0.25) is 0 Å². The highest BCUT2D eigenvalue weighted by molar-refractivity contribution is 5.93. The third-order valence-corrected chi connectivity index (χ3v) is 5.51. The normalized spacial score (nSPS) is 19.6. The van der Waals surface area contributed by atoms with Crippen LogP contribution in [-0.2, 0) is 4.79 Å². The van der Waals surface area contributed by atoms with E-state index in [4.69, 9.17) is 4.98 Å². The minimum atomic E-state index is 0.0678. The molecule has 2 heterocycles. The highest BCUT2D eigenvalue weighted by Gasteiger charge is 2.22. The molecule has 0 spiro atoms. The molecule has 0 bridgehead atoms. The molecular formula is C23H35N5O. The van der Waals surface area contributed by atoms with Gasteiger partial charge in [-0.2, -0.15) is 0 Å². The maximum atomic E-state index is 11.3. The van der Waals surface area contributed by atoms with Gasteiger partial charge >= 0.3 is 0 Å². The van der Waals surface area contributed by atoms with E-state index in [2.05, 4.69) is 60.8 Å². The van der Waals surface area contributed by atoms with Gasteiger partial charge in [-0.05, 0) is 57.1 Å². The first-order chi connectivity index (χ1) is 13.8. The summed E-state index contributed by atoms with van der Waals surface area (Å²) in [4.78, 5) is 20.9. The average Bonchev–Trinajstić information content (AvgIpc) is 2.65. The van der Waals surface area contributed by atoms with E-state index in [9.17, 15) is 4.79 Å². The second kappa shape index (κ2) is 9.42.